The number of ketones is 3. The van der Waals surface area contributed by atoms with Crippen LogP contribution in [0.3, 0.4) is 0 Å². The van der Waals surface area contributed by atoms with Gasteiger partial charge in [-0.15, -0.1) is 0 Å². The van der Waals surface area contributed by atoms with Gasteiger partial charge < -0.3 is 48.5 Å². The summed E-state index contributed by atoms with van der Waals surface area (Å²) in [5, 5.41) is 36.2. The molecule has 1 aromatic carbocycles. The summed E-state index contributed by atoms with van der Waals surface area (Å²) in [7, 11) is 0. The zero-order chi connectivity index (χ0) is 43.8. The Balaban J connectivity index is 1.61. The first kappa shape index (κ1) is 46.1. The Morgan fingerprint density at radius 3 is 2.12 bits per heavy atom. The number of carbonyl (C=O) groups is 8. The number of nitrogens with one attached hydrogen (secondary N) is 4. The van der Waals surface area contributed by atoms with Crippen LogP contribution in [0.2, 0.25) is 0 Å². The minimum Gasteiger partial charge on any atom is -0.481 e. The van der Waals surface area contributed by atoms with E-state index in [0.29, 0.717) is 11.4 Å². The number of hydrogen-bond acceptors (Lipinski definition) is 15. The van der Waals surface area contributed by atoms with Crippen LogP contribution < -0.4 is 38.7 Å². The van der Waals surface area contributed by atoms with E-state index >= 15 is 0 Å². The van der Waals surface area contributed by atoms with Crippen LogP contribution >= 0.6 is 0 Å². The first-order chi connectivity index (χ1) is 27.8. The number of rotatable bonds is 25. The average molecular weight is 824 g/mol. The number of aliphatic imine (C=N–C) groups is 1. The standard InChI is InChI=1S/C36H45N11O12/c1-17(48)19(13-27(51)52)12-26(50)24(3-2-10-40-35(37)38)44-32(56)20(14-28(53)54)11-23(49)8-9-25(34(58)59)45-31(55)18-4-6-21(7-5-18)41-15-22-16-42-30-29(43-22)33(57)47-36(39)46-30/h4-7,16,19-20,24-25,41H,2-3,8-15H2,1H3,(H,44,56)(H,45,55)(H,51,52)(H,53,54)(H,58,59)(H4,37,38,40)(H3,39,42,46,47,57)/t19-,20-,24-,25-/m0/s1. The number of nitrogens with two attached hydrogens (primary N) is 3. The van der Waals surface area contributed by atoms with Crippen molar-refractivity contribution in [2.75, 3.05) is 17.6 Å². The minimum atomic E-state index is -1.55. The van der Waals surface area contributed by atoms with Crippen molar-refractivity contribution < 1.29 is 53.7 Å². The molecule has 0 unspecified atom stereocenters. The predicted octanol–water partition coefficient (Wildman–Crippen LogP) is -0.902. The number of amides is 2. The van der Waals surface area contributed by atoms with Crippen molar-refractivity contribution in [2.45, 2.75) is 76.9 Å². The number of fused-ring (bicyclic) bond motifs is 1. The first-order valence-corrected chi connectivity index (χ1v) is 18.1. The lowest BCUT2D eigenvalue weighted by Crippen LogP contribution is -2.45. The maximum Gasteiger partial charge on any atom is 0.326 e. The third-order valence-corrected chi connectivity index (χ3v) is 8.78. The molecule has 2 amide bonds. The lowest BCUT2D eigenvalue weighted by Gasteiger charge is -2.22. The predicted molar refractivity (Wildman–Crippen MR) is 208 cm³/mol. The summed E-state index contributed by atoms with van der Waals surface area (Å²) in [6.07, 6.45) is -2.11. The third kappa shape index (κ3) is 15.3. The molecule has 0 radical (unpaired) electrons. The number of aromatic nitrogens is 4. The number of Topliss-reactive ketones (excluding diaryl/α,β-unsaturated/α-hetero) is 3. The van der Waals surface area contributed by atoms with Gasteiger partial charge in [0, 0.05) is 43.0 Å². The number of benzene rings is 1. The SMILES string of the molecule is CC(=O)[C@H](CC(=O)O)CC(=O)[C@H](CCCN=C(N)N)NC(=O)[C@H](CC(=O)O)CC(=O)CC[C@H](NC(=O)c1ccc(NCc2cnc3nc(N)[nH]c(=O)c3n2)cc1)C(=O)O. The van der Waals surface area contributed by atoms with Gasteiger partial charge in [-0.2, -0.15) is 4.98 Å². The Morgan fingerprint density at radius 2 is 1.51 bits per heavy atom. The molecule has 3 aromatic rings. The Morgan fingerprint density at radius 1 is 0.847 bits per heavy atom. The van der Waals surface area contributed by atoms with Gasteiger partial charge in [-0.25, -0.2) is 14.8 Å². The molecule has 0 bridgehead atoms. The molecule has 4 atom stereocenters. The van der Waals surface area contributed by atoms with Crippen LogP contribution in [0.15, 0.2) is 40.2 Å². The third-order valence-electron chi connectivity index (χ3n) is 8.78. The highest BCUT2D eigenvalue weighted by Crippen LogP contribution is 2.18. The fourth-order valence-electron chi connectivity index (χ4n) is 5.70. The van der Waals surface area contributed by atoms with E-state index in [-0.39, 0.29) is 54.6 Å². The lowest BCUT2D eigenvalue weighted by molar-refractivity contribution is -0.142. The maximum absolute atomic E-state index is 13.3. The number of nitrogen functional groups attached to an aromatic ring is 1. The largest absolute Gasteiger partial charge is 0.481 e. The maximum atomic E-state index is 13.3. The molecule has 0 fully saturated rings. The summed E-state index contributed by atoms with van der Waals surface area (Å²) in [4.78, 5) is 130. The monoisotopic (exact) mass is 823 g/mol. The summed E-state index contributed by atoms with van der Waals surface area (Å²) in [5.74, 6) is -11.1. The summed E-state index contributed by atoms with van der Waals surface area (Å²) < 4.78 is 0. The molecule has 23 heteroatoms. The number of anilines is 2. The molecule has 3 rings (SSSR count). The zero-order valence-electron chi connectivity index (χ0n) is 31.8. The Kier molecular flexibility index (Phi) is 17.0. The van der Waals surface area contributed by atoms with Crippen LogP contribution in [0.25, 0.3) is 11.2 Å². The molecular weight excluding hydrogens is 778 g/mol. The summed E-state index contributed by atoms with van der Waals surface area (Å²) in [6.45, 7) is 1.29. The molecule has 0 aliphatic heterocycles. The van der Waals surface area contributed by atoms with Crippen molar-refractivity contribution in [3.05, 3.63) is 52.1 Å². The quantitative estimate of drug-likeness (QED) is 0.0281. The van der Waals surface area contributed by atoms with E-state index in [4.69, 9.17) is 22.3 Å². The van der Waals surface area contributed by atoms with Gasteiger partial charge in [0.25, 0.3) is 11.5 Å². The van der Waals surface area contributed by atoms with Gasteiger partial charge in [-0.05, 0) is 50.5 Å². The fourth-order valence-corrected chi connectivity index (χ4v) is 5.70. The second-order valence-corrected chi connectivity index (χ2v) is 13.4. The number of aromatic amines is 1. The van der Waals surface area contributed by atoms with E-state index in [2.05, 4.69) is 40.9 Å². The second kappa shape index (κ2) is 21.8. The van der Waals surface area contributed by atoms with Gasteiger partial charge in [0.05, 0.1) is 43.2 Å². The normalized spacial score (nSPS) is 12.9. The highest BCUT2D eigenvalue weighted by atomic mass is 16.4. The van der Waals surface area contributed by atoms with Gasteiger partial charge in [0.1, 0.15) is 17.6 Å². The smallest absolute Gasteiger partial charge is 0.326 e. The van der Waals surface area contributed by atoms with E-state index in [1.54, 1.807) is 0 Å². The molecule has 0 aliphatic rings. The number of carboxylic acid groups (broad SMARTS) is 3. The highest BCUT2D eigenvalue weighted by Gasteiger charge is 2.32. The average Bonchev–Trinajstić information content (AvgIpc) is 3.15. The van der Waals surface area contributed by atoms with Gasteiger partial charge >= 0.3 is 17.9 Å². The van der Waals surface area contributed by atoms with E-state index in [1.165, 1.54) is 30.5 Å². The van der Waals surface area contributed by atoms with Gasteiger partial charge in [0.2, 0.25) is 11.9 Å². The van der Waals surface area contributed by atoms with Crippen LogP contribution in [-0.2, 0) is 40.1 Å². The van der Waals surface area contributed by atoms with Crippen molar-refractivity contribution in [3.63, 3.8) is 0 Å². The molecule has 316 valence electrons. The summed E-state index contributed by atoms with van der Waals surface area (Å²) >= 11 is 0. The second-order valence-electron chi connectivity index (χ2n) is 13.4. The fraction of sp³-hybridized carbons (Fsp3) is 0.417. The van der Waals surface area contributed by atoms with Crippen LogP contribution in [0.5, 0.6) is 0 Å². The molecule has 2 heterocycles. The van der Waals surface area contributed by atoms with Gasteiger partial charge in [0.15, 0.2) is 22.9 Å². The van der Waals surface area contributed by atoms with E-state index in [0.717, 1.165) is 6.92 Å². The van der Waals surface area contributed by atoms with Gasteiger partial charge in [-0.1, -0.05) is 0 Å². The first-order valence-electron chi connectivity index (χ1n) is 18.1. The number of aliphatic carboxylic acids is 3. The highest BCUT2D eigenvalue weighted by molar-refractivity contribution is 5.98. The number of hydrogen-bond donors (Lipinski definition) is 10. The number of carboxylic acids is 3. The van der Waals surface area contributed by atoms with Crippen LogP contribution in [-0.4, -0.2) is 107 Å². The van der Waals surface area contributed by atoms with Crippen molar-refractivity contribution in [2.24, 2.45) is 28.3 Å². The molecule has 23 nitrogen and oxygen atoms in total. The molecule has 59 heavy (non-hydrogen) atoms. The Hall–Kier alpha value is -7.33. The number of carbonyl (C=O) groups excluding carboxylic acids is 5. The summed E-state index contributed by atoms with van der Waals surface area (Å²) in [6, 6.07) is 3.01. The van der Waals surface area contributed by atoms with Crippen LogP contribution in [0, 0.1) is 11.8 Å². The molecular formula is C36H45N11O12. The van der Waals surface area contributed by atoms with Crippen molar-refractivity contribution >= 4 is 75.8 Å². The van der Waals surface area contributed by atoms with E-state index < -0.39 is 115 Å². The van der Waals surface area contributed by atoms with E-state index in [9.17, 15) is 53.4 Å². The van der Waals surface area contributed by atoms with Gasteiger partial charge in [-0.3, -0.25) is 48.3 Å². The summed E-state index contributed by atoms with van der Waals surface area (Å²) in [5.41, 5.74) is 16.7. The molecule has 0 aliphatic carbocycles. The number of guanidine groups is 1. The molecule has 13 N–H and O–H groups in total. The Labute approximate surface area is 334 Å². The molecule has 0 saturated heterocycles. The molecule has 2 aromatic heterocycles. The Bertz CT molecular complexity index is 2150. The van der Waals surface area contributed by atoms with Crippen molar-refractivity contribution in [3.8, 4) is 0 Å². The molecule has 0 saturated carbocycles. The van der Waals surface area contributed by atoms with Crippen LogP contribution in [0.1, 0.15) is 74.3 Å². The molecule has 0 spiro atoms. The zero-order valence-corrected chi connectivity index (χ0v) is 31.8. The van der Waals surface area contributed by atoms with Crippen molar-refractivity contribution in [1.82, 2.24) is 30.6 Å². The van der Waals surface area contributed by atoms with Crippen molar-refractivity contribution in [1.29, 1.82) is 0 Å². The minimum absolute atomic E-state index is 0.00562. The van der Waals surface area contributed by atoms with E-state index in [1.807, 2.05) is 0 Å². The number of H-pyrrole nitrogens is 1. The topological polar surface area (TPSA) is 395 Å². The lowest BCUT2D eigenvalue weighted by atomic mass is 9.90. The number of nitrogens with zero attached hydrogens (tertiary/aromatic N) is 4. The van der Waals surface area contributed by atoms with Crippen LogP contribution in [0.4, 0.5) is 11.6 Å².